The van der Waals surface area contributed by atoms with Gasteiger partial charge < -0.3 is 15.8 Å². The Bertz CT molecular complexity index is 1110. The maximum atomic E-state index is 13.0. The first-order valence-electron chi connectivity index (χ1n) is 8.64. The van der Waals surface area contributed by atoms with E-state index in [4.69, 9.17) is 22.1 Å². The van der Waals surface area contributed by atoms with Crippen LogP contribution in [0.4, 0.5) is 36.2 Å². The number of amides is 1. The monoisotopic (exact) mass is 452 g/mol. The molecule has 0 saturated heterocycles. The van der Waals surface area contributed by atoms with Gasteiger partial charge in [-0.3, -0.25) is 15.6 Å². The van der Waals surface area contributed by atoms with Crippen molar-refractivity contribution in [2.24, 2.45) is 0 Å². The number of nitrogens with one attached hydrogen (secondary N) is 3. The van der Waals surface area contributed by atoms with Crippen molar-refractivity contribution in [2.75, 3.05) is 23.6 Å². The fraction of sp³-hybridized carbons (Fsp3) is 0.105. The van der Waals surface area contributed by atoms with Gasteiger partial charge in [-0.2, -0.15) is 13.2 Å². The summed E-state index contributed by atoms with van der Waals surface area (Å²) in [6.07, 6.45) is -3.44. The first-order chi connectivity index (χ1) is 14.7. The molecule has 1 amide bonds. The molecule has 5 N–H and O–H groups in total. The van der Waals surface area contributed by atoms with Crippen LogP contribution in [0.15, 0.2) is 48.8 Å². The number of ether oxygens (including phenoxy) is 1. The van der Waals surface area contributed by atoms with E-state index in [0.717, 1.165) is 24.5 Å². The van der Waals surface area contributed by atoms with E-state index in [0.29, 0.717) is 5.75 Å². The van der Waals surface area contributed by atoms with Gasteiger partial charge in [0.2, 0.25) is 0 Å². The number of nitrogens with zero attached hydrogens (tertiary/aromatic N) is 2. The third-order valence-corrected chi connectivity index (χ3v) is 4.41. The van der Waals surface area contributed by atoms with E-state index >= 15 is 0 Å². The lowest BCUT2D eigenvalue weighted by Gasteiger charge is -2.15. The van der Waals surface area contributed by atoms with Crippen molar-refractivity contribution in [1.82, 2.24) is 15.4 Å². The Morgan fingerprint density at radius 1 is 1.13 bits per heavy atom. The second-order valence-corrected chi connectivity index (χ2v) is 6.49. The van der Waals surface area contributed by atoms with Gasteiger partial charge in [0.05, 0.1) is 28.9 Å². The van der Waals surface area contributed by atoms with E-state index in [-0.39, 0.29) is 33.6 Å². The third-order valence-electron chi connectivity index (χ3n) is 4.08. The molecule has 1 heterocycles. The number of carbonyl (C=O) groups excluding carboxylic acids is 1. The summed E-state index contributed by atoms with van der Waals surface area (Å²) in [4.78, 5) is 20.2. The second-order valence-electron chi connectivity index (χ2n) is 6.08. The lowest BCUT2D eigenvalue weighted by atomic mass is 10.2. The van der Waals surface area contributed by atoms with Crippen LogP contribution < -0.4 is 26.6 Å². The van der Waals surface area contributed by atoms with Crippen LogP contribution in [0.2, 0.25) is 5.02 Å². The number of hydrogen-bond donors (Lipinski definition) is 4. The Morgan fingerprint density at radius 3 is 2.55 bits per heavy atom. The molecule has 0 radical (unpaired) electrons. The maximum absolute atomic E-state index is 13.0. The highest BCUT2D eigenvalue weighted by molar-refractivity contribution is 6.33. The molecule has 0 unspecified atom stereocenters. The lowest BCUT2D eigenvalue weighted by Crippen LogP contribution is -2.30. The SMILES string of the molecule is COc1ccccc1C(=O)NNc1ncnc(Nc2cc(C(F)(F)F)ccc2Cl)c1N. The summed E-state index contributed by atoms with van der Waals surface area (Å²) in [5.41, 5.74) is 10.2. The molecule has 0 aliphatic carbocycles. The van der Waals surface area contributed by atoms with Gasteiger partial charge in [0.15, 0.2) is 11.6 Å². The molecule has 1 aromatic heterocycles. The number of hydrogen-bond acceptors (Lipinski definition) is 7. The fourth-order valence-corrected chi connectivity index (χ4v) is 2.70. The zero-order valence-corrected chi connectivity index (χ0v) is 16.7. The summed E-state index contributed by atoms with van der Waals surface area (Å²) >= 11 is 5.99. The number of benzene rings is 2. The minimum absolute atomic E-state index is 0.00901. The van der Waals surface area contributed by atoms with Crippen molar-refractivity contribution in [2.45, 2.75) is 6.18 Å². The summed E-state index contributed by atoms with van der Waals surface area (Å²) in [5, 5.41) is 2.68. The number of anilines is 4. The molecule has 162 valence electrons. The number of carbonyl (C=O) groups is 1. The van der Waals surface area contributed by atoms with Gasteiger partial charge in [-0.25, -0.2) is 9.97 Å². The highest BCUT2D eigenvalue weighted by Gasteiger charge is 2.31. The van der Waals surface area contributed by atoms with Crippen LogP contribution in [0.5, 0.6) is 5.75 Å². The summed E-state index contributed by atoms with van der Waals surface area (Å²) in [6.45, 7) is 0. The predicted octanol–water partition coefficient (Wildman–Crippen LogP) is 4.24. The van der Waals surface area contributed by atoms with Crippen molar-refractivity contribution in [1.29, 1.82) is 0 Å². The van der Waals surface area contributed by atoms with Crippen molar-refractivity contribution in [3.05, 3.63) is 64.9 Å². The molecule has 0 atom stereocenters. The molecule has 2 aromatic carbocycles. The number of para-hydroxylation sites is 1. The molecule has 0 aliphatic heterocycles. The largest absolute Gasteiger partial charge is 0.496 e. The van der Waals surface area contributed by atoms with Crippen molar-refractivity contribution >= 4 is 40.5 Å². The van der Waals surface area contributed by atoms with Gasteiger partial charge in [0.1, 0.15) is 17.8 Å². The number of nitrogens with two attached hydrogens (primary N) is 1. The van der Waals surface area contributed by atoms with Gasteiger partial charge in [-0.05, 0) is 30.3 Å². The van der Waals surface area contributed by atoms with E-state index in [9.17, 15) is 18.0 Å². The van der Waals surface area contributed by atoms with E-state index in [1.807, 2.05) is 0 Å². The number of nitrogen functional groups attached to an aromatic ring is 1. The molecule has 12 heteroatoms. The van der Waals surface area contributed by atoms with Crippen molar-refractivity contribution in [3.63, 3.8) is 0 Å². The van der Waals surface area contributed by atoms with E-state index in [1.165, 1.54) is 7.11 Å². The Labute approximate surface area is 179 Å². The molecule has 0 bridgehead atoms. The number of alkyl halides is 3. The maximum Gasteiger partial charge on any atom is 0.416 e. The number of methoxy groups -OCH3 is 1. The topological polar surface area (TPSA) is 114 Å². The van der Waals surface area contributed by atoms with Crippen LogP contribution in [0.3, 0.4) is 0 Å². The minimum Gasteiger partial charge on any atom is -0.496 e. The van der Waals surface area contributed by atoms with Crippen LogP contribution in [-0.4, -0.2) is 23.0 Å². The molecular weight excluding hydrogens is 437 g/mol. The van der Waals surface area contributed by atoms with Crippen LogP contribution in [-0.2, 0) is 6.18 Å². The summed E-state index contributed by atoms with van der Waals surface area (Å²) in [6, 6.07) is 9.35. The van der Waals surface area contributed by atoms with Gasteiger partial charge in [0.25, 0.3) is 5.91 Å². The Balaban J connectivity index is 1.79. The van der Waals surface area contributed by atoms with Crippen LogP contribution >= 0.6 is 11.6 Å². The van der Waals surface area contributed by atoms with Crippen molar-refractivity contribution < 1.29 is 22.7 Å². The van der Waals surface area contributed by atoms with Gasteiger partial charge in [-0.1, -0.05) is 23.7 Å². The highest BCUT2D eigenvalue weighted by Crippen LogP contribution is 2.36. The lowest BCUT2D eigenvalue weighted by molar-refractivity contribution is -0.137. The zero-order valence-electron chi connectivity index (χ0n) is 15.9. The number of halogens is 4. The van der Waals surface area contributed by atoms with Crippen LogP contribution in [0.1, 0.15) is 15.9 Å². The smallest absolute Gasteiger partial charge is 0.416 e. The average Bonchev–Trinajstić information content (AvgIpc) is 2.74. The van der Waals surface area contributed by atoms with Crippen LogP contribution in [0, 0.1) is 0 Å². The Morgan fingerprint density at radius 2 is 1.84 bits per heavy atom. The fourth-order valence-electron chi connectivity index (χ4n) is 2.54. The average molecular weight is 453 g/mol. The first-order valence-corrected chi connectivity index (χ1v) is 9.02. The molecule has 3 aromatic rings. The molecule has 3 rings (SSSR count). The number of rotatable bonds is 6. The molecule has 0 aliphatic rings. The molecule has 0 saturated carbocycles. The summed E-state index contributed by atoms with van der Waals surface area (Å²) in [5.74, 6) is -0.154. The van der Waals surface area contributed by atoms with Gasteiger partial charge in [-0.15, -0.1) is 0 Å². The van der Waals surface area contributed by atoms with E-state index in [1.54, 1.807) is 24.3 Å². The van der Waals surface area contributed by atoms with Gasteiger partial charge >= 0.3 is 6.18 Å². The molecular formula is C19H16ClF3N6O2. The van der Waals surface area contributed by atoms with E-state index < -0.39 is 17.6 Å². The Kier molecular flexibility index (Phi) is 6.35. The summed E-state index contributed by atoms with van der Waals surface area (Å²) in [7, 11) is 1.43. The molecule has 0 spiro atoms. The normalized spacial score (nSPS) is 11.0. The quantitative estimate of drug-likeness (QED) is 0.413. The first kappa shape index (κ1) is 22.0. The predicted molar refractivity (Wildman–Crippen MR) is 110 cm³/mol. The second kappa shape index (κ2) is 8.96. The molecule has 31 heavy (non-hydrogen) atoms. The van der Waals surface area contributed by atoms with Crippen LogP contribution in [0.25, 0.3) is 0 Å². The standard InChI is InChI=1S/C19H16ClF3N6O2/c1-31-14-5-3-2-4-11(14)18(30)29-28-17-15(24)16(25-9-26-17)27-13-8-10(19(21,22)23)6-7-12(13)20/h2-9H,24H2,1H3,(H,29,30)(H2,25,26,27,28). The number of hydrazine groups is 1. The molecule has 0 fully saturated rings. The molecule has 8 nitrogen and oxygen atoms in total. The zero-order chi connectivity index (χ0) is 22.6. The summed E-state index contributed by atoms with van der Waals surface area (Å²) < 4.78 is 44.0. The highest BCUT2D eigenvalue weighted by atomic mass is 35.5. The third kappa shape index (κ3) is 5.07. The Hall–Kier alpha value is -3.73. The number of aromatic nitrogens is 2. The van der Waals surface area contributed by atoms with Gasteiger partial charge in [0, 0.05) is 0 Å². The van der Waals surface area contributed by atoms with E-state index in [2.05, 4.69) is 26.1 Å². The van der Waals surface area contributed by atoms with Crippen molar-refractivity contribution in [3.8, 4) is 5.75 Å². The minimum atomic E-state index is -4.55.